The van der Waals surface area contributed by atoms with Crippen LogP contribution in [0.25, 0.3) is 0 Å². The number of aromatic hydroxyl groups is 2. The first kappa shape index (κ1) is 16.7. The average molecular weight is 279 g/mol. The third kappa shape index (κ3) is 5.72. The Morgan fingerprint density at radius 2 is 1.65 bits per heavy atom. The zero-order valence-electron chi connectivity index (χ0n) is 12.9. The second-order valence-corrected chi connectivity index (χ2v) is 5.50. The number of rotatable bonds is 10. The third-order valence-electron chi connectivity index (χ3n) is 3.73. The van der Waals surface area contributed by atoms with Gasteiger partial charge in [-0.15, -0.1) is 0 Å². The summed E-state index contributed by atoms with van der Waals surface area (Å²) < 4.78 is 1.39. The number of hydrogen-bond acceptors (Lipinski definition) is 2. The lowest BCUT2D eigenvalue weighted by molar-refractivity contribution is 0.385. The molecule has 0 aliphatic carbocycles. The molecule has 0 aromatic carbocycles. The normalized spacial score (nSPS) is 11.5. The van der Waals surface area contributed by atoms with E-state index in [1.165, 1.54) is 49.5 Å². The Kier molecular flexibility index (Phi) is 7.93. The van der Waals surface area contributed by atoms with Gasteiger partial charge in [-0.25, -0.2) is 0 Å². The Hall–Kier alpha value is -1.38. The van der Waals surface area contributed by atoms with E-state index in [4.69, 9.17) is 0 Å². The summed E-state index contributed by atoms with van der Waals surface area (Å²) in [6.07, 6.45) is 15.4. The summed E-state index contributed by atoms with van der Waals surface area (Å²) in [4.78, 5) is 0. The molecule has 0 radical (unpaired) electrons. The van der Waals surface area contributed by atoms with Gasteiger partial charge >= 0.3 is 0 Å². The van der Waals surface area contributed by atoms with E-state index in [2.05, 4.69) is 19.1 Å². The summed E-state index contributed by atoms with van der Waals surface area (Å²) in [6, 6.07) is 1.62. The molecule has 1 heterocycles. The molecule has 0 saturated heterocycles. The second-order valence-electron chi connectivity index (χ2n) is 5.50. The average Bonchev–Trinajstić information content (AvgIpc) is 2.68. The number of allylic oxidation sites excluding steroid dienone is 2. The maximum absolute atomic E-state index is 9.73. The Morgan fingerprint density at radius 3 is 2.25 bits per heavy atom. The van der Waals surface area contributed by atoms with Crippen LogP contribution in [0.4, 0.5) is 0 Å². The van der Waals surface area contributed by atoms with Gasteiger partial charge in [0.15, 0.2) is 11.8 Å². The van der Waals surface area contributed by atoms with E-state index in [1.54, 1.807) is 13.1 Å². The molecule has 2 N–H and O–H groups in total. The zero-order chi connectivity index (χ0) is 14.8. The smallest absolute Gasteiger partial charge is 0.197 e. The van der Waals surface area contributed by atoms with Gasteiger partial charge in [0.25, 0.3) is 0 Å². The summed E-state index contributed by atoms with van der Waals surface area (Å²) in [5.41, 5.74) is 0.779. The van der Waals surface area contributed by atoms with E-state index in [0.717, 1.165) is 12.0 Å². The summed E-state index contributed by atoms with van der Waals surface area (Å²) >= 11 is 0. The maximum atomic E-state index is 9.73. The van der Waals surface area contributed by atoms with Gasteiger partial charge in [-0.2, -0.15) is 0 Å². The predicted octanol–water partition coefficient (Wildman–Crippen LogP) is 4.68. The van der Waals surface area contributed by atoms with E-state index in [-0.39, 0.29) is 11.8 Å². The molecule has 0 amide bonds. The van der Waals surface area contributed by atoms with E-state index < -0.39 is 0 Å². The number of unbranched alkanes of at least 4 members (excludes halogenated alkanes) is 7. The highest BCUT2D eigenvalue weighted by Gasteiger charge is 2.08. The van der Waals surface area contributed by atoms with Gasteiger partial charge in [-0.1, -0.05) is 57.6 Å². The van der Waals surface area contributed by atoms with Crippen molar-refractivity contribution in [3.05, 3.63) is 23.8 Å². The third-order valence-corrected chi connectivity index (χ3v) is 3.73. The summed E-state index contributed by atoms with van der Waals surface area (Å²) in [5, 5.41) is 19.2. The first-order valence-corrected chi connectivity index (χ1v) is 7.88. The molecule has 1 aromatic heterocycles. The largest absolute Gasteiger partial charge is 0.494 e. The minimum absolute atomic E-state index is 0.109. The summed E-state index contributed by atoms with van der Waals surface area (Å²) in [5.74, 6) is 0.265. The van der Waals surface area contributed by atoms with Gasteiger partial charge in [-0.3, -0.25) is 4.57 Å². The predicted molar refractivity (Wildman–Crippen MR) is 84.2 cm³/mol. The maximum Gasteiger partial charge on any atom is 0.197 e. The minimum atomic E-state index is 0.109. The fourth-order valence-corrected chi connectivity index (χ4v) is 2.34. The first-order chi connectivity index (χ1) is 9.66. The molecule has 0 aliphatic rings. The lowest BCUT2D eigenvalue weighted by Gasteiger charge is -1.99. The molecule has 1 rings (SSSR count). The molecular formula is C17H29NO2. The molecule has 114 valence electrons. The van der Waals surface area contributed by atoms with Crippen LogP contribution in [0.2, 0.25) is 0 Å². The molecule has 0 unspecified atom stereocenters. The van der Waals surface area contributed by atoms with E-state index in [1.807, 2.05) is 0 Å². The molecule has 0 fully saturated rings. The summed E-state index contributed by atoms with van der Waals surface area (Å²) in [7, 11) is 1.65. The topological polar surface area (TPSA) is 45.4 Å². The Balaban J connectivity index is 2.09. The van der Waals surface area contributed by atoms with Gasteiger partial charge in [0.05, 0.1) is 0 Å². The van der Waals surface area contributed by atoms with Crippen molar-refractivity contribution in [1.82, 2.24) is 4.57 Å². The van der Waals surface area contributed by atoms with Gasteiger partial charge in [0.1, 0.15) is 0 Å². The van der Waals surface area contributed by atoms with Crippen molar-refractivity contribution < 1.29 is 10.2 Å². The van der Waals surface area contributed by atoms with Crippen molar-refractivity contribution in [3.63, 3.8) is 0 Å². The first-order valence-electron chi connectivity index (χ1n) is 7.88. The van der Waals surface area contributed by atoms with Crippen LogP contribution in [0.3, 0.4) is 0 Å². The fraction of sp³-hybridized carbons (Fsp3) is 0.647. The molecule has 3 nitrogen and oxygen atoms in total. The van der Waals surface area contributed by atoms with E-state index in [9.17, 15) is 10.2 Å². The molecule has 0 spiro atoms. The van der Waals surface area contributed by atoms with Crippen molar-refractivity contribution in [2.24, 2.45) is 7.05 Å². The standard InChI is InChI=1S/C17H29NO2/c1-3-4-5-6-7-8-9-10-11-12-13-15-14-16(19)18(2)17(15)20/h11-12,14,19-20H,3-10,13H2,1-2H3/b12-11-. The number of aromatic nitrogens is 1. The molecule has 0 atom stereocenters. The van der Waals surface area contributed by atoms with Crippen LogP contribution in [0.5, 0.6) is 11.8 Å². The van der Waals surface area contributed by atoms with Gasteiger partial charge in [-0.05, 0) is 19.3 Å². The quantitative estimate of drug-likeness (QED) is 0.482. The van der Waals surface area contributed by atoms with Gasteiger partial charge in [0, 0.05) is 18.7 Å². The monoisotopic (exact) mass is 279 g/mol. The highest BCUT2D eigenvalue weighted by molar-refractivity contribution is 5.36. The van der Waals surface area contributed by atoms with Crippen LogP contribution >= 0.6 is 0 Å². The molecule has 0 aliphatic heterocycles. The van der Waals surface area contributed by atoms with Crippen molar-refractivity contribution in [2.45, 2.75) is 64.7 Å². The van der Waals surface area contributed by atoms with Crippen LogP contribution in [0, 0.1) is 0 Å². The molecule has 0 bridgehead atoms. The summed E-state index contributed by atoms with van der Waals surface area (Å²) in [6.45, 7) is 2.25. The van der Waals surface area contributed by atoms with Crippen LogP contribution in [0.15, 0.2) is 18.2 Å². The Bertz CT molecular complexity index is 407. The molecule has 3 heteroatoms. The lowest BCUT2D eigenvalue weighted by Crippen LogP contribution is -1.86. The van der Waals surface area contributed by atoms with Crippen molar-refractivity contribution in [3.8, 4) is 11.8 Å². The van der Waals surface area contributed by atoms with Crippen LogP contribution in [-0.2, 0) is 13.5 Å². The van der Waals surface area contributed by atoms with E-state index in [0.29, 0.717) is 6.42 Å². The molecule has 0 saturated carbocycles. The van der Waals surface area contributed by atoms with Crippen LogP contribution in [-0.4, -0.2) is 14.8 Å². The zero-order valence-corrected chi connectivity index (χ0v) is 12.9. The highest BCUT2D eigenvalue weighted by atomic mass is 16.3. The lowest BCUT2D eigenvalue weighted by atomic mass is 10.1. The van der Waals surface area contributed by atoms with Crippen molar-refractivity contribution in [2.75, 3.05) is 0 Å². The second kappa shape index (κ2) is 9.51. The number of hydrogen-bond donors (Lipinski definition) is 2. The molecule has 20 heavy (non-hydrogen) atoms. The van der Waals surface area contributed by atoms with Crippen molar-refractivity contribution >= 4 is 0 Å². The van der Waals surface area contributed by atoms with Crippen LogP contribution in [0.1, 0.15) is 63.9 Å². The van der Waals surface area contributed by atoms with Crippen molar-refractivity contribution in [1.29, 1.82) is 0 Å². The molecular weight excluding hydrogens is 250 g/mol. The molecule has 1 aromatic rings. The van der Waals surface area contributed by atoms with Crippen LogP contribution < -0.4 is 0 Å². The minimum Gasteiger partial charge on any atom is -0.494 e. The van der Waals surface area contributed by atoms with Gasteiger partial charge < -0.3 is 10.2 Å². The van der Waals surface area contributed by atoms with E-state index >= 15 is 0 Å². The fourth-order valence-electron chi connectivity index (χ4n) is 2.34. The highest BCUT2D eigenvalue weighted by Crippen LogP contribution is 2.26. The Morgan fingerprint density at radius 1 is 1.00 bits per heavy atom. The van der Waals surface area contributed by atoms with Gasteiger partial charge in [0.2, 0.25) is 0 Å². The Labute approximate surface area is 122 Å². The number of nitrogens with zero attached hydrogens (tertiary/aromatic N) is 1. The SMILES string of the molecule is CCCCCCCCC/C=C\Cc1cc(O)n(C)c1O.